The summed E-state index contributed by atoms with van der Waals surface area (Å²) in [6, 6.07) is 34.8. The van der Waals surface area contributed by atoms with Crippen molar-refractivity contribution in [3.63, 3.8) is 0 Å². The predicted octanol–water partition coefficient (Wildman–Crippen LogP) is 4.40. The number of carbonyl (C=O) groups excluding carboxylic acids is 1. The molecule has 4 aromatic rings. The molecule has 2 atom stereocenters. The van der Waals surface area contributed by atoms with Gasteiger partial charge in [0.2, 0.25) is 0 Å². The molecule has 1 fully saturated rings. The topological polar surface area (TPSA) is 93.2 Å². The zero-order valence-corrected chi connectivity index (χ0v) is 22.3. The first-order valence-corrected chi connectivity index (χ1v) is 10.9. The van der Waals surface area contributed by atoms with Gasteiger partial charge < -0.3 is 10.3 Å². The van der Waals surface area contributed by atoms with Crippen molar-refractivity contribution in [2.75, 3.05) is 0 Å². The summed E-state index contributed by atoms with van der Waals surface area (Å²) >= 11 is 0. The van der Waals surface area contributed by atoms with E-state index in [9.17, 15) is 4.79 Å². The molecule has 1 saturated carbocycles. The normalized spacial score (nSPS) is 15.4. The van der Waals surface area contributed by atoms with Crippen molar-refractivity contribution in [3.8, 4) is 0 Å². The van der Waals surface area contributed by atoms with E-state index in [0.29, 0.717) is 24.3 Å². The second kappa shape index (κ2) is 14.9. The monoisotopic (exact) mass is 505 g/mol. The van der Waals surface area contributed by atoms with Crippen molar-refractivity contribution >= 4 is 5.91 Å². The van der Waals surface area contributed by atoms with Crippen molar-refractivity contribution in [1.29, 1.82) is 0 Å². The van der Waals surface area contributed by atoms with Crippen LogP contribution in [0.25, 0.3) is 0 Å². The van der Waals surface area contributed by atoms with E-state index in [4.69, 9.17) is 10.3 Å². The number of hydrazine groups is 1. The van der Waals surface area contributed by atoms with Gasteiger partial charge in [-0.3, -0.25) is 10.2 Å². The Labute approximate surface area is 213 Å². The van der Waals surface area contributed by atoms with Crippen molar-refractivity contribution < 1.29 is 28.8 Å². The summed E-state index contributed by atoms with van der Waals surface area (Å²) in [5.41, 5.74) is 13.8. The Kier molecular flexibility index (Phi) is 11.9. The van der Waals surface area contributed by atoms with E-state index in [1.807, 2.05) is 66.7 Å². The fraction of sp³-hybridized carbons (Fsp3) is 0.185. The number of hydrogen-bond acceptors (Lipinski definition) is 5. The second-order valence-corrected chi connectivity index (χ2v) is 7.61. The zero-order valence-electron chi connectivity index (χ0n) is 19.4. The molecule has 0 spiro atoms. The van der Waals surface area contributed by atoms with Crippen LogP contribution < -0.4 is 16.6 Å². The molecular weight excluding hydrogens is 478 g/mol. The van der Waals surface area contributed by atoms with Crippen molar-refractivity contribution in [2.24, 2.45) is 5.73 Å². The molecule has 1 aliphatic carbocycles. The predicted molar refractivity (Wildman–Crippen MR) is 129 cm³/mol. The Morgan fingerprint density at radius 1 is 1.03 bits per heavy atom. The van der Waals surface area contributed by atoms with Gasteiger partial charge in [0.15, 0.2) is 5.69 Å². The minimum Gasteiger partial charge on any atom is -0.361 e. The number of carbonyl (C=O) groups is 1. The van der Waals surface area contributed by atoms with Gasteiger partial charge in [-0.2, -0.15) is 36.4 Å². The number of amides is 1. The van der Waals surface area contributed by atoms with E-state index < -0.39 is 0 Å². The number of nitrogens with zero attached hydrogens (tertiary/aromatic N) is 1. The molecular formula is C27H29N4O2Zn-. The van der Waals surface area contributed by atoms with E-state index >= 15 is 0 Å². The quantitative estimate of drug-likeness (QED) is 0.212. The minimum absolute atomic E-state index is 0. The first-order chi connectivity index (χ1) is 16.1. The Balaban J connectivity index is 0.000000202. The third kappa shape index (κ3) is 9.79. The van der Waals surface area contributed by atoms with Gasteiger partial charge in [-0.25, -0.2) is 5.43 Å². The zero-order chi connectivity index (χ0) is 23.3. The molecule has 0 bridgehead atoms. The molecule has 34 heavy (non-hydrogen) atoms. The molecule has 1 heterocycles. The number of aromatic nitrogens is 1. The van der Waals surface area contributed by atoms with Crippen LogP contribution in [0.15, 0.2) is 102 Å². The summed E-state index contributed by atoms with van der Waals surface area (Å²) in [6.07, 6.45) is 1.17. The first-order valence-electron chi connectivity index (χ1n) is 10.9. The average molecular weight is 507 g/mol. The van der Waals surface area contributed by atoms with Crippen LogP contribution >= 0.6 is 0 Å². The second-order valence-electron chi connectivity index (χ2n) is 7.61. The van der Waals surface area contributed by atoms with E-state index in [1.54, 1.807) is 13.0 Å². The van der Waals surface area contributed by atoms with Crippen LogP contribution in [0.3, 0.4) is 0 Å². The van der Waals surface area contributed by atoms with E-state index in [2.05, 4.69) is 46.3 Å². The smallest absolute Gasteiger partial charge is 0.287 e. The third-order valence-corrected chi connectivity index (χ3v) is 4.87. The third-order valence-electron chi connectivity index (χ3n) is 4.87. The largest absolute Gasteiger partial charge is 0.361 e. The minimum atomic E-state index is -0.308. The number of rotatable bonds is 5. The van der Waals surface area contributed by atoms with Gasteiger partial charge in [0.05, 0.1) is 0 Å². The van der Waals surface area contributed by atoms with Crippen LogP contribution in [0.4, 0.5) is 0 Å². The molecule has 0 radical (unpaired) electrons. The molecule has 3 aromatic carbocycles. The molecule has 4 N–H and O–H groups in total. The van der Waals surface area contributed by atoms with Crippen LogP contribution in [0.5, 0.6) is 0 Å². The van der Waals surface area contributed by atoms with E-state index in [1.165, 1.54) is 12.0 Å². The molecule has 0 saturated heterocycles. The Morgan fingerprint density at radius 2 is 1.62 bits per heavy atom. The first kappa shape index (κ1) is 27.1. The van der Waals surface area contributed by atoms with Gasteiger partial charge in [0.1, 0.15) is 5.76 Å². The summed E-state index contributed by atoms with van der Waals surface area (Å²) < 4.78 is 4.81. The average Bonchev–Trinajstić information content (AvgIpc) is 3.45. The van der Waals surface area contributed by atoms with Gasteiger partial charge >= 0.3 is 0 Å². The summed E-state index contributed by atoms with van der Waals surface area (Å²) in [4.78, 5) is 11.6. The van der Waals surface area contributed by atoms with Gasteiger partial charge in [-0.05, 0) is 24.5 Å². The maximum absolute atomic E-state index is 11.6. The molecule has 0 aliphatic heterocycles. The summed E-state index contributed by atoms with van der Waals surface area (Å²) in [6.45, 7) is 2.30. The Bertz CT molecular complexity index is 1050. The van der Waals surface area contributed by atoms with E-state index in [0.717, 1.165) is 5.56 Å². The maximum atomic E-state index is 11.6. The van der Waals surface area contributed by atoms with Crippen molar-refractivity contribution in [1.82, 2.24) is 16.0 Å². The number of nitrogens with one attached hydrogen (secondary N) is 2. The maximum Gasteiger partial charge on any atom is 0.287 e. The molecule has 7 heteroatoms. The van der Waals surface area contributed by atoms with Gasteiger partial charge in [-0.1, -0.05) is 65.8 Å². The number of benzene rings is 3. The molecule has 6 nitrogen and oxygen atoms in total. The fourth-order valence-corrected chi connectivity index (χ4v) is 3.00. The van der Waals surface area contributed by atoms with Crippen LogP contribution in [0.1, 0.15) is 39.7 Å². The fourth-order valence-electron chi connectivity index (χ4n) is 3.00. The van der Waals surface area contributed by atoms with Gasteiger partial charge in [-0.15, -0.1) is 0 Å². The molecule has 1 aromatic heterocycles. The van der Waals surface area contributed by atoms with Crippen LogP contribution in [0, 0.1) is 13.0 Å². The van der Waals surface area contributed by atoms with Gasteiger partial charge in [0.25, 0.3) is 5.91 Å². The molecule has 172 valence electrons. The summed E-state index contributed by atoms with van der Waals surface area (Å²) in [5, 5.41) is 3.61. The molecule has 5 rings (SSSR count). The van der Waals surface area contributed by atoms with Crippen molar-refractivity contribution in [3.05, 3.63) is 126 Å². The number of aryl methyl sites for hydroxylation is 1. The number of hydrogen-bond donors (Lipinski definition) is 3. The summed E-state index contributed by atoms with van der Waals surface area (Å²) in [7, 11) is 0. The molecule has 1 amide bonds. The summed E-state index contributed by atoms with van der Waals surface area (Å²) in [5.74, 6) is 0.956. The van der Waals surface area contributed by atoms with Gasteiger partial charge in [0, 0.05) is 44.0 Å². The van der Waals surface area contributed by atoms with Crippen molar-refractivity contribution in [2.45, 2.75) is 31.8 Å². The van der Waals surface area contributed by atoms with Crippen LogP contribution in [0.2, 0.25) is 0 Å². The van der Waals surface area contributed by atoms with Crippen LogP contribution in [-0.4, -0.2) is 17.1 Å². The molecule has 0 unspecified atom stereocenters. The van der Waals surface area contributed by atoms with E-state index in [-0.39, 0.29) is 31.1 Å². The Hall–Kier alpha value is -3.12. The number of nitrogens with two attached hydrogens (primary N) is 1. The standard InChI is InChI=1S/C12H13N3O2.C9H11N.C6H5.Zn/c1-9-7-11(15-17-9)12(16)14-13-8-10-5-3-2-4-6-10;10-9-6-8(9)7-4-2-1-3-5-7;1-2-4-6-5-3-1;/h2-7,13H,8H2,1H3,(H,14,16);1-5,8-9H,6,10H2;1-5H;/q;;-1;/t;8-,9+;;/m.0../s1. The Morgan fingerprint density at radius 3 is 2.09 bits per heavy atom. The SMILES string of the molecule is Cc1cc(C(=O)NNCc2ccccc2)no1.N[C@@H]1C[C@H]1c1ccccc1.[Zn].[c-]1ccccc1. The van der Waals surface area contributed by atoms with Crippen LogP contribution in [-0.2, 0) is 26.0 Å². The molecule has 1 aliphatic rings.